The monoisotopic (exact) mass is 155 g/mol. The average Bonchev–Trinajstić information content (AvgIpc) is 2.40. The highest BCUT2D eigenvalue weighted by molar-refractivity contribution is 5.25. The lowest BCUT2D eigenvalue weighted by Gasteiger charge is -2.09. The molecule has 1 heterocycles. The van der Waals surface area contributed by atoms with Gasteiger partial charge in [-0.3, -0.25) is 0 Å². The molecule has 0 saturated heterocycles. The van der Waals surface area contributed by atoms with Crippen molar-refractivity contribution in [3.05, 3.63) is 6.20 Å². The summed E-state index contributed by atoms with van der Waals surface area (Å²) in [6.45, 7) is 4.25. The first-order chi connectivity index (χ1) is 5.33. The lowest BCUT2D eigenvalue weighted by molar-refractivity contribution is 0.400. The summed E-state index contributed by atoms with van der Waals surface area (Å²) in [5.41, 5.74) is 0. The first kappa shape index (κ1) is 8.04. The Morgan fingerprint density at radius 3 is 3.09 bits per heavy atom. The second kappa shape index (κ2) is 3.95. The predicted octanol–water partition coefficient (Wildman–Crippen LogP) is 1.67. The zero-order valence-corrected chi connectivity index (χ0v) is 6.87. The van der Waals surface area contributed by atoms with Crippen molar-refractivity contribution in [2.45, 2.75) is 32.7 Å². The van der Waals surface area contributed by atoms with E-state index in [2.05, 4.69) is 29.5 Å². The molecule has 0 aromatic carbocycles. The number of rotatable bonds is 4. The molecule has 1 rings (SSSR count). The molecule has 0 aliphatic heterocycles. The quantitative estimate of drug-likeness (QED) is 0.718. The molecule has 1 N–H and O–H groups in total. The highest BCUT2D eigenvalue weighted by Crippen LogP contribution is 2.06. The smallest absolute Gasteiger partial charge is 0.245 e. The molecule has 1 unspecified atom stereocenters. The largest absolute Gasteiger partial charge is 0.350 e. The number of nitrogens with zero attached hydrogens (tertiary/aromatic N) is 2. The highest BCUT2D eigenvalue weighted by Gasteiger charge is 2.02. The molecule has 1 atom stereocenters. The van der Waals surface area contributed by atoms with Crippen LogP contribution in [0.5, 0.6) is 0 Å². The molecule has 0 bridgehead atoms. The van der Waals surface area contributed by atoms with Crippen LogP contribution in [0.2, 0.25) is 0 Å². The van der Waals surface area contributed by atoms with Crippen LogP contribution in [0.4, 0.5) is 5.88 Å². The normalized spacial score (nSPS) is 12.9. The minimum atomic E-state index is 0.426. The SMILES string of the molecule is CCCC(C)Nc1cnno1. The summed E-state index contributed by atoms with van der Waals surface area (Å²) in [7, 11) is 0. The van der Waals surface area contributed by atoms with E-state index in [1.54, 1.807) is 6.20 Å². The number of aromatic nitrogens is 2. The van der Waals surface area contributed by atoms with E-state index in [-0.39, 0.29) is 0 Å². The van der Waals surface area contributed by atoms with Gasteiger partial charge < -0.3 is 9.84 Å². The standard InChI is InChI=1S/C7H13N3O/c1-3-4-6(2)9-7-5-8-10-11-7/h5-6,9H,3-4H2,1-2H3. The first-order valence-electron chi connectivity index (χ1n) is 3.86. The van der Waals surface area contributed by atoms with Crippen molar-refractivity contribution < 1.29 is 4.52 Å². The predicted molar refractivity (Wildman–Crippen MR) is 42.3 cm³/mol. The minimum Gasteiger partial charge on any atom is -0.350 e. The van der Waals surface area contributed by atoms with E-state index < -0.39 is 0 Å². The van der Waals surface area contributed by atoms with E-state index in [1.165, 1.54) is 0 Å². The summed E-state index contributed by atoms with van der Waals surface area (Å²) in [5, 5.41) is 10.0. The van der Waals surface area contributed by atoms with Gasteiger partial charge in [-0.1, -0.05) is 13.3 Å². The maximum absolute atomic E-state index is 4.78. The Morgan fingerprint density at radius 2 is 2.55 bits per heavy atom. The van der Waals surface area contributed by atoms with Gasteiger partial charge in [-0.25, -0.2) is 0 Å². The molecule has 62 valence electrons. The van der Waals surface area contributed by atoms with E-state index in [1.807, 2.05) is 0 Å². The van der Waals surface area contributed by atoms with Gasteiger partial charge in [0.25, 0.3) is 0 Å². The number of nitrogens with one attached hydrogen (secondary N) is 1. The summed E-state index contributed by atoms with van der Waals surface area (Å²) in [6, 6.07) is 0.426. The molecule has 0 fully saturated rings. The van der Waals surface area contributed by atoms with Crippen molar-refractivity contribution in [3.63, 3.8) is 0 Å². The second-order valence-electron chi connectivity index (χ2n) is 2.62. The van der Waals surface area contributed by atoms with Crippen molar-refractivity contribution in [1.29, 1.82) is 0 Å². The lowest BCUT2D eigenvalue weighted by Crippen LogP contribution is -2.13. The van der Waals surface area contributed by atoms with Crippen molar-refractivity contribution >= 4 is 5.88 Å². The van der Waals surface area contributed by atoms with Gasteiger partial charge in [-0.05, 0) is 13.3 Å². The molecular weight excluding hydrogens is 142 g/mol. The van der Waals surface area contributed by atoms with Gasteiger partial charge in [0, 0.05) is 11.3 Å². The molecule has 11 heavy (non-hydrogen) atoms. The maximum Gasteiger partial charge on any atom is 0.245 e. The van der Waals surface area contributed by atoms with Crippen LogP contribution in [0, 0.1) is 0 Å². The van der Waals surface area contributed by atoms with Gasteiger partial charge >= 0.3 is 0 Å². The molecule has 4 heteroatoms. The Bertz CT molecular complexity index is 186. The summed E-state index contributed by atoms with van der Waals surface area (Å²) in [4.78, 5) is 0. The molecule has 0 aliphatic rings. The number of hydrogen-bond acceptors (Lipinski definition) is 4. The molecule has 4 nitrogen and oxygen atoms in total. The Morgan fingerprint density at radius 1 is 1.73 bits per heavy atom. The third-order valence-corrected chi connectivity index (χ3v) is 1.47. The summed E-state index contributed by atoms with van der Waals surface area (Å²) in [6.07, 6.45) is 3.86. The third kappa shape index (κ3) is 2.57. The molecule has 0 saturated carbocycles. The van der Waals surface area contributed by atoms with Crippen molar-refractivity contribution in [2.75, 3.05) is 5.32 Å². The fourth-order valence-electron chi connectivity index (χ4n) is 0.979. The van der Waals surface area contributed by atoms with Crippen molar-refractivity contribution in [2.24, 2.45) is 0 Å². The molecular formula is C7H13N3O. The van der Waals surface area contributed by atoms with Crippen LogP contribution in [-0.4, -0.2) is 16.4 Å². The van der Waals surface area contributed by atoms with Gasteiger partial charge in [0.15, 0.2) is 0 Å². The van der Waals surface area contributed by atoms with Gasteiger partial charge in [-0.2, -0.15) is 0 Å². The Labute approximate surface area is 66.0 Å². The third-order valence-electron chi connectivity index (χ3n) is 1.47. The van der Waals surface area contributed by atoms with E-state index in [0.29, 0.717) is 11.9 Å². The van der Waals surface area contributed by atoms with Crippen LogP contribution in [0.25, 0.3) is 0 Å². The lowest BCUT2D eigenvalue weighted by atomic mass is 10.2. The topological polar surface area (TPSA) is 51.0 Å². The fourth-order valence-corrected chi connectivity index (χ4v) is 0.979. The number of anilines is 1. The van der Waals surface area contributed by atoms with Crippen molar-refractivity contribution in [3.8, 4) is 0 Å². The molecule has 0 aliphatic carbocycles. The molecule has 0 spiro atoms. The molecule has 1 aromatic heterocycles. The van der Waals surface area contributed by atoms with Crippen molar-refractivity contribution in [1.82, 2.24) is 10.4 Å². The molecule has 0 radical (unpaired) electrons. The maximum atomic E-state index is 4.78. The summed E-state index contributed by atoms with van der Waals surface area (Å²) in [5.74, 6) is 0.644. The Hall–Kier alpha value is -1.06. The zero-order valence-electron chi connectivity index (χ0n) is 6.87. The first-order valence-corrected chi connectivity index (χ1v) is 3.86. The summed E-state index contributed by atoms with van der Waals surface area (Å²) >= 11 is 0. The van der Waals surface area contributed by atoms with E-state index in [4.69, 9.17) is 4.52 Å². The zero-order chi connectivity index (χ0) is 8.10. The Balaban J connectivity index is 2.31. The summed E-state index contributed by atoms with van der Waals surface area (Å²) < 4.78 is 4.78. The molecule has 1 aromatic rings. The van der Waals surface area contributed by atoms with Gasteiger partial charge in [-0.15, -0.1) is 5.10 Å². The van der Waals surface area contributed by atoms with Gasteiger partial charge in [0.2, 0.25) is 5.88 Å². The van der Waals surface area contributed by atoms with E-state index in [0.717, 1.165) is 12.8 Å². The van der Waals surface area contributed by atoms with Crippen LogP contribution in [0.3, 0.4) is 0 Å². The van der Waals surface area contributed by atoms with Gasteiger partial charge in [0.05, 0.1) is 0 Å². The Kier molecular flexibility index (Phi) is 2.89. The van der Waals surface area contributed by atoms with Gasteiger partial charge in [0.1, 0.15) is 6.20 Å². The van der Waals surface area contributed by atoms with E-state index in [9.17, 15) is 0 Å². The van der Waals surface area contributed by atoms with Crippen LogP contribution in [-0.2, 0) is 0 Å². The van der Waals surface area contributed by atoms with E-state index >= 15 is 0 Å². The minimum absolute atomic E-state index is 0.426. The van der Waals surface area contributed by atoms with Crippen LogP contribution in [0.15, 0.2) is 10.7 Å². The van der Waals surface area contributed by atoms with Crippen LogP contribution < -0.4 is 5.32 Å². The van der Waals surface area contributed by atoms with Crippen LogP contribution >= 0.6 is 0 Å². The molecule has 0 amide bonds. The number of hydrogen-bond donors (Lipinski definition) is 1. The second-order valence-corrected chi connectivity index (χ2v) is 2.62. The van der Waals surface area contributed by atoms with Crippen LogP contribution in [0.1, 0.15) is 26.7 Å². The fraction of sp³-hybridized carbons (Fsp3) is 0.714. The average molecular weight is 155 g/mol. The highest BCUT2D eigenvalue weighted by atomic mass is 16.5.